The van der Waals surface area contributed by atoms with Crippen LogP contribution in [-0.2, 0) is 12.8 Å². The van der Waals surface area contributed by atoms with Gasteiger partial charge in [-0.3, -0.25) is 11.3 Å². The second-order valence-corrected chi connectivity index (χ2v) is 5.74. The van der Waals surface area contributed by atoms with Crippen LogP contribution < -0.4 is 11.3 Å². The van der Waals surface area contributed by atoms with E-state index in [9.17, 15) is 0 Å². The molecule has 1 aromatic heterocycles. The minimum atomic E-state index is 0.126. The summed E-state index contributed by atoms with van der Waals surface area (Å²) in [5, 5.41) is 3.20. The SMILES string of the molecule is CCCc1ccc(C(Cc2nc(C)cs2)NN)cc1. The summed E-state index contributed by atoms with van der Waals surface area (Å²) in [7, 11) is 0. The highest BCUT2D eigenvalue weighted by atomic mass is 32.1. The van der Waals surface area contributed by atoms with E-state index in [1.807, 2.05) is 6.92 Å². The molecule has 0 fully saturated rings. The highest BCUT2D eigenvalue weighted by Gasteiger charge is 2.12. The van der Waals surface area contributed by atoms with Gasteiger partial charge in [0.05, 0.1) is 11.0 Å². The molecule has 19 heavy (non-hydrogen) atoms. The van der Waals surface area contributed by atoms with Crippen LogP contribution in [0.3, 0.4) is 0 Å². The van der Waals surface area contributed by atoms with E-state index in [4.69, 9.17) is 5.84 Å². The van der Waals surface area contributed by atoms with Crippen LogP contribution in [0.5, 0.6) is 0 Å². The molecule has 0 saturated heterocycles. The minimum absolute atomic E-state index is 0.126. The fraction of sp³-hybridized carbons (Fsp3) is 0.400. The lowest BCUT2D eigenvalue weighted by Crippen LogP contribution is -2.29. The second-order valence-electron chi connectivity index (χ2n) is 4.80. The molecular formula is C15H21N3S. The van der Waals surface area contributed by atoms with Crippen molar-refractivity contribution in [2.75, 3.05) is 0 Å². The Morgan fingerprint density at radius 2 is 2.05 bits per heavy atom. The van der Waals surface area contributed by atoms with Gasteiger partial charge in [0.1, 0.15) is 0 Å². The largest absolute Gasteiger partial charge is 0.271 e. The zero-order valence-corrected chi connectivity index (χ0v) is 12.3. The van der Waals surface area contributed by atoms with Crippen molar-refractivity contribution in [3.05, 3.63) is 51.5 Å². The molecular weight excluding hydrogens is 254 g/mol. The maximum Gasteiger partial charge on any atom is 0.0947 e. The van der Waals surface area contributed by atoms with Gasteiger partial charge in [0.15, 0.2) is 0 Å². The van der Waals surface area contributed by atoms with E-state index in [2.05, 4.69) is 47.0 Å². The fourth-order valence-corrected chi connectivity index (χ4v) is 2.97. The van der Waals surface area contributed by atoms with Crippen LogP contribution in [0.15, 0.2) is 29.6 Å². The first kappa shape index (κ1) is 14.2. The summed E-state index contributed by atoms with van der Waals surface area (Å²) in [5.74, 6) is 5.68. The van der Waals surface area contributed by atoms with Gasteiger partial charge in [0.2, 0.25) is 0 Å². The maximum absolute atomic E-state index is 5.68. The summed E-state index contributed by atoms with van der Waals surface area (Å²) in [4.78, 5) is 4.49. The van der Waals surface area contributed by atoms with Crippen molar-refractivity contribution in [1.82, 2.24) is 10.4 Å². The van der Waals surface area contributed by atoms with Crippen LogP contribution in [0.1, 0.15) is 41.2 Å². The van der Waals surface area contributed by atoms with Gasteiger partial charge >= 0.3 is 0 Å². The molecule has 0 saturated carbocycles. The molecule has 0 radical (unpaired) electrons. The number of nitrogens with one attached hydrogen (secondary N) is 1. The van der Waals surface area contributed by atoms with Crippen LogP contribution in [0.4, 0.5) is 0 Å². The Bertz CT molecular complexity index is 504. The lowest BCUT2D eigenvalue weighted by molar-refractivity contribution is 0.550. The zero-order chi connectivity index (χ0) is 13.7. The van der Waals surface area contributed by atoms with Gasteiger partial charge in [0, 0.05) is 17.5 Å². The number of rotatable bonds is 6. The fourth-order valence-electron chi connectivity index (χ4n) is 2.15. The number of nitrogens with two attached hydrogens (primary N) is 1. The number of hydrogen-bond acceptors (Lipinski definition) is 4. The topological polar surface area (TPSA) is 50.9 Å². The molecule has 0 bridgehead atoms. The van der Waals surface area contributed by atoms with Crippen LogP contribution in [0, 0.1) is 6.92 Å². The summed E-state index contributed by atoms with van der Waals surface area (Å²) in [6.45, 7) is 4.22. The van der Waals surface area contributed by atoms with E-state index in [0.29, 0.717) is 0 Å². The van der Waals surface area contributed by atoms with E-state index in [-0.39, 0.29) is 6.04 Å². The third-order valence-corrected chi connectivity index (χ3v) is 4.16. The third kappa shape index (κ3) is 3.86. The molecule has 4 heteroatoms. The number of thiazole rings is 1. The molecule has 2 rings (SSSR count). The predicted molar refractivity (Wildman–Crippen MR) is 81.1 cm³/mol. The van der Waals surface area contributed by atoms with Crippen LogP contribution >= 0.6 is 11.3 Å². The number of hydrazine groups is 1. The summed E-state index contributed by atoms with van der Waals surface area (Å²) in [6.07, 6.45) is 3.14. The Morgan fingerprint density at radius 3 is 2.58 bits per heavy atom. The Hall–Kier alpha value is -1.23. The molecule has 1 atom stereocenters. The Kier molecular flexibility index (Phi) is 5.07. The number of benzene rings is 1. The molecule has 3 N–H and O–H groups in total. The van der Waals surface area contributed by atoms with E-state index in [1.54, 1.807) is 11.3 Å². The van der Waals surface area contributed by atoms with Gasteiger partial charge < -0.3 is 0 Å². The van der Waals surface area contributed by atoms with Crippen LogP contribution in [0.25, 0.3) is 0 Å². The van der Waals surface area contributed by atoms with Crippen molar-refractivity contribution in [3.63, 3.8) is 0 Å². The van der Waals surface area contributed by atoms with E-state index < -0.39 is 0 Å². The number of hydrogen-bond donors (Lipinski definition) is 2. The van der Waals surface area contributed by atoms with Crippen molar-refractivity contribution >= 4 is 11.3 Å². The van der Waals surface area contributed by atoms with Gasteiger partial charge in [0.25, 0.3) is 0 Å². The number of nitrogens with zero attached hydrogens (tertiary/aromatic N) is 1. The molecule has 0 aliphatic rings. The Morgan fingerprint density at radius 1 is 1.32 bits per heavy atom. The predicted octanol–water partition coefficient (Wildman–Crippen LogP) is 3.15. The van der Waals surface area contributed by atoms with Crippen molar-refractivity contribution < 1.29 is 0 Å². The molecule has 0 spiro atoms. The Labute approximate surface area is 118 Å². The molecule has 0 aliphatic heterocycles. The van der Waals surface area contributed by atoms with Crippen molar-refractivity contribution in [1.29, 1.82) is 0 Å². The lowest BCUT2D eigenvalue weighted by Gasteiger charge is -2.15. The normalized spacial score (nSPS) is 12.6. The number of aromatic nitrogens is 1. The first-order chi connectivity index (χ1) is 9.22. The van der Waals surface area contributed by atoms with Gasteiger partial charge in [-0.1, -0.05) is 37.6 Å². The standard InChI is InChI=1S/C15H21N3S/c1-3-4-12-5-7-13(8-6-12)14(18-16)9-15-17-11(2)10-19-15/h5-8,10,14,18H,3-4,9,16H2,1-2H3. The lowest BCUT2D eigenvalue weighted by atomic mass is 10.0. The van der Waals surface area contributed by atoms with E-state index in [0.717, 1.165) is 23.5 Å². The van der Waals surface area contributed by atoms with E-state index >= 15 is 0 Å². The molecule has 2 aromatic rings. The van der Waals surface area contributed by atoms with Gasteiger partial charge in [-0.05, 0) is 24.5 Å². The average Bonchev–Trinajstić information content (AvgIpc) is 2.83. The quantitative estimate of drug-likeness (QED) is 0.629. The van der Waals surface area contributed by atoms with Gasteiger partial charge in [-0.15, -0.1) is 11.3 Å². The van der Waals surface area contributed by atoms with Crippen molar-refractivity contribution in [3.8, 4) is 0 Å². The number of aryl methyl sites for hydroxylation is 2. The summed E-state index contributed by atoms with van der Waals surface area (Å²) < 4.78 is 0. The monoisotopic (exact) mass is 275 g/mol. The maximum atomic E-state index is 5.68. The second kappa shape index (κ2) is 6.80. The molecule has 1 aromatic carbocycles. The smallest absolute Gasteiger partial charge is 0.0947 e. The molecule has 0 aliphatic carbocycles. The molecule has 0 amide bonds. The first-order valence-electron chi connectivity index (χ1n) is 6.69. The van der Waals surface area contributed by atoms with Crippen LogP contribution in [-0.4, -0.2) is 4.98 Å². The first-order valence-corrected chi connectivity index (χ1v) is 7.57. The van der Waals surface area contributed by atoms with Crippen molar-refractivity contribution in [2.45, 2.75) is 39.2 Å². The molecule has 3 nitrogen and oxygen atoms in total. The third-order valence-electron chi connectivity index (χ3n) is 3.17. The molecule has 1 heterocycles. The Balaban J connectivity index is 2.08. The van der Waals surface area contributed by atoms with Crippen LogP contribution in [0.2, 0.25) is 0 Å². The highest BCUT2D eigenvalue weighted by Crippen LogP contribution is 2.21. The minimum Gasteiger partial charge on any atom is -0.271 e. The average molecular weight is 275 g/mol. The summed E-state index contributed by atoms with van der Waals surface area (Å²) in [5.41, 5.74) is 6.57. The molecule has 1 unspecified atom stereocenters. The summed E-state index contributed by atoms with van der Waals surface area (Å²) >= 11 is 1.69. The molecule has 102 valence electrons. The van der Waals surface area contributed by atoms with Crippen molar-refractivity contribution in [2.24, 2.45) is 5.84 Å². The summed E-state index contributed by atoms with van der Waals surface area (Å²) in [6, 6.07) is 8.83. The zero-order valence-electron chi connectivity index (χ0n) is 11.5. The van der Waals surface area contributed by atoms with E-state index in [1.165, 1.54) is 17.5 Å². The van der Waals surface area contributed by atoms with Gasteiger partial charge in [-0.25, -0.2) is 4.98 Å². The highest BCUT2D eigenvalue weighted by molar-refractivity contribution is 7.09. The van der Waals surface area contributed by atoms with Gasteiger partial charge in [-0.2, -0.15) is 0 Å².